The quantitative estimate of drug-likeness (QED) is 0.615. The summed E-state index contributed by atoms with van der Waals surface area (Å²) in [5.41, 5.74) is 0.791. The maximum absolute atomic E-state index is 14.9. The Labute approximate surface area is 208 Å². The van der Waals surface area contributed by atoms with Gasteiger partial charge < -0.3 is 9.80 Å². The molecule has 1 atom stereocenters. The van der Waals surface area contributed by atoms with E-state index in [1.807, 2.05) is 4.90 Å². The monoisotopic (exact) mass is 524 g/mol. The molecule has 11 heteroatoms. The number of nitrogens with zero attached hydrogens (tertiary/aromatic N) is 4. The molecule has 0 unspecified atom stereocenters. The Kier molecular flexibility index (Phi) is 6.73. The average Bonchev–Trinajstić information content (AvgIpc) is 3.32. The van der Waals surface area contributed by atoms with Gasteiger partial charge in [0.2, 0.25) is 10.0 Å². The predicted molar refractivity (Wildman–Crippen MR) is 129 cm³/mol. The van der Waals surface area contributed by atoms with Crippen molar-refractivity contribution in [1.29, 1.82) is 0 Å². The first-order chi connectivity index (χ1) is 16.7. The van der Waals surface area contributed by atoms with Crippen molar-refractivity contribution in [2.24, 2.45) is 0 Å². The number of halogens is 3. The Morgan fingerprint density at radius 1 is 0.943 bits per heavy atom. The largest absolute Gasteiger partial charge is 0.369 e. The Morgan fingerprint density at radius 3 is 2.37 bits per heavy atom. The summed E-state index contributed by atoms with van der Waals surface area (Å²) in [4.78, 5) is 18.7. The lowest BCUT2D eigenvalue weighted by Gasteiger charge is -2.37. The maximum Gasteiger partial charge on any atom is 0.255 e. The second-order valence-corrected chi connectivity index (χ2v) is 11.5. The van der Waals surface area contributed by atoms with E-state index in [0.29, 0.717) is 32.2 Å². The fourth-order valence-corrected chi connectivity index (χ4v) is 6.94. The van der Waals surface area contributed by atoms with Crippen molar-refractivity contribution in [2.75, 3.05) is 57.3 Å². The number of hydrogen-bond acceptors (Lipinski definition) is 5. The second-order valence-electron chi connectivity index (χ2n) is 9.21. The van der Waals surface area contributed by atoms with Crippen LogP contribution in [-0.2, 0) is 10.0 Å². The number of benzene rings is 2. The molecule has 35 heavy (non-hydrogen) atoms. The van der Waals surface area contributed by atoms with Crippen molar-refractivity contribution in [3.63, 3.8) is 0 Å². The van der Waals surface area contributed by atoms with Crippen LogP contribution in [0.4, 0.5) is 14.5 Å². The van der Waals surface area contributed by atoms with E-state index in [0.717, 1.165) is 43.8 Å². The van der Waals surface area contributed by atoms with Crippen molar-refractivity contribution in [3.05, 3.63) is 58.6 Å². The van der Waals surface area contributed by atoms with E-state index in [9.17, 15) is 22.0 Å². The van der Waals surface area contributed by atoms with Gasteiger partial charge in [-0.25, -0.2) is 17.2 Å². The molecule has 7 nitrogen and oxygen atoms in total. The lowest BCUT2D eigenvalue weighted by molar-refractivity contribution is 0.0571. The summed E-state index contributed by atoms with van der Waals surface area (Å²) < 4.78 is 56.0. The standard InChI is InChI=1S/C24H27ClF2N4O3S/c25-21-15-22(27)23(14-20(21)24(32)30-9-8-28-7-1-2-19(28)16-30)35(33,34)31-12-10-29(11-13-31)18-5-3-17(26)4-6-18/h3-6,14-15,19H,1-2,7-13,16H2/t19-/m1/s1. The van der Waals surface area contributed by atoms with E-state index >= 15 is 0 Å². The van der Waals surface area contributed by atoms with E-state index in [4.69, 9.17) is 11.6 Å². The molecule has 3 aliphatic rings. The zero-order valence-electron chi connectivity index (χ0n) is 19.2. The van der Waals surface area contributed by atoms with Crippen LogP contribution in [0.1, 0.15) is 23.2 Å². The molecule has 3 fully saturated rings. The van der Waals surface area contributed by atoms with Crippen LogP contribution in [0.3, 0.4) is 0 Å². The first-order valence-corrected chi connectivity index (χ1v) is 13.6. The van der Waals surface area contributed by atoms with Gasteiger partial charge in [-0.15, -0.1) is 0 Å². The van der Waals surface area contributed by atoms with Gasteiger partial charge >= 0.3 is 0 Å². The lowest BCUT2D eigenvalue weighted by Crippen LogP contribution is -2.52. The van der Waals surface area contributed by atoms with Crippen LogP contribution in [0.5, 0.6) is 0 Å². The van der Waals surface area contributed by atoms with Gasteiger partial charge in [0.05, 0.1) is 10.6 Å². The topological polar surface area (TPSA) is 64.2 Å². The van der Waals surface area contributed by atoms with Crippen LogP contribution >= 0.6 is 11.6 Å². The van der Waals surface area contributed by atoms with Crippen LogP contribution in [-0.4, -0.2) is 86.8 Å². The van der Waals surface area contributed by atoms with Gasteiger partial charge in [-0.3, -0.25) is 9.69 Å². The Balaban J connectivity index is 1.34. The molecule has 0 spiro atoms. The van der Waals surface area contributed by atoms with Crippen LogP contribution < -0.4 is 4.90 Å². The zero-order valence-corrected chi connectivity index (χ0v) is 20.7. The molecular weight excluding hydrogens is 498 g/mol. The minimum Gasteiger partial charge on any atom is -0.369 e. The molecular formula is C24H27ClF2N4O3S. The highest BCUT2D eigenvalue weighted by molar-refractivity contribution is 7.89. The molecule has 0 saturated carbocycles. The number of hydrogen-bond donors (Lipinski definition) is 0. The summed E-state index contributed by atoms with van der Waals surface area (Å²) in [5, 5.41) is -0.0959. The summed E-state index contributed by atoms with van der Waals surface area (Å²) in [7, 11) is -4.19. The smallest absolute Gasteiger partial charge is 0.255 e. The number of carbonyl (C=O) groups excluding carboxylic acids is 1. The van der Waals surface area contributed by atoms with E-state index in [1.165, 1.54) is 16.4 Å². The van der Waals surface area contributed by atoms with Crippen LogP contribution in [0, 0.1) is 11.6 Å². The molecule has 3 aliphatic heterocycles. The van der Waals surface area contributed by atoms with Gasteiger partial charge in [0.15, 0.2) is 0 Å². The minimum atomic E-state index is -4.19. The molecule has 2 aromatic carbocycles. The summed E-state index contributed by atoms with van der Waals surface area (Å²) >= 11 is 6.22. The number of fused-ring (bicyclic) bond motifs is 1. The van der Waals surface area contributed by atoms with E-state index in [-0.39, 0.29) is 35.4 Å². The SMILES string of the molecule is O=C(c1cc(S(=O)(=O)N2CCN(c3ccc(F)cc3)CC2)c(F)cc1Cl)N1CCN2CCC[C@@H]2C1. The van der Waals surface area contributed by atoms with Crippen molar-refractivity contribution in [3.8, 4) is 0 Å². The van der Waals surface area contributed by atoms with Crippen LogP contribution in [0.2, 0.25) is 5.02 Å². The molecule has 0 bridgehead atoms. The van der Waals surface area contributed by atoms with E-state index in [1.54, 1.807) is 17.0 Å². The van der Waals surface area contributed by atoms with Crippen molar-refractivity contribution >= 4 is 33.2 Å². The third kappa shape index (κ3) is 4.76. The van der Waals surface area contributed by atoms with E-state index in [2.05, 4.69) is 4.90 Å². The van der Waals surface area contributed by atoms with Gasteiger partial charge in [0, 0.05) is 57.5 Å². The Morgan fingerprint density at radius 2 is 1.66 bits per heavy atom. The molecule has 1 amide bonds. The highest BCUT2D eigenvalue weighted by atomic mass is 35.5. The number of piperazine rings is 2. The van der Waals surface area contributed by atoms with Gasteiger partial charge in [0.1, 0.15) is 16.5 Å². The fourth-order valence-electron chi connectivity index (χ4n) is 5.21. The number of rotatable bonds is 4. The molecule has 3 heterocycles. The zero-order chi connectivity index (χ0) is 24.7. The average molecular weight is 525 g/mol. The predicted octanol–water partition coefficient (Wildman–Crippen LogP) is 3.05. The van der Waals surface area contributed by atoms with Gasteiger partial charge in [-0.2, -0.15) is 4.31 Å². The Bertz CT molecular complexity index is 1220. The Hall–Kier alpha value is -2.27. The third-order valence-electron chi connectivity index (χ3n) is 7.17. The maximum atomic E-state index is 14.9. The van der Waals surface area contributed by atoms with Gasteiger partial charge in [-0.05, 0) is 55.8 Å². The minimum absolute atomic E-state index is 0.00281. The summed E-state index contributed by atoms with van der Waals surface area (Å²) in [6, 6.07) is 8.29. The summed E-state index contributed by atoms with van der Waals surface area (Å²) in [6.45, 7) is 3.88. The third-order valence-corrected chi connectivity index (χ3v) is 9.40. The summed E-state index contributed by atoms with van der Waals surface area (Å²) in [6.07, 6.45) is 2.12. The number of anilines is 1. The van der Waals surface area contributed by atoms with Gasteiger partial charge in [-0.1, -0.05) is 11.6 Å². The number of amides is 1. The summed E-state index contributed by atoms with van der Waals surface area (Å²) in [5.74, 6) is -1.70. The first-order valence-electron chi connectivity index (χ1n) is 11.8. The first kappa shape index (κ1) is 24.4. The number of carbonyl (C=O) groups is 1. The van der Waals surface area contributed by atoms with Gasteiger partial charge in [0.25, 0.3) is 5.91 Å². The normalized spacial score (nSPS) is 21.9. The molecule has 2 aromatic rings. The van der Waals surface area contributed by atoms with Crippen LogP contribution in [0.15, 0.2) is 41.3 Å². The fraction of sp³-hybridized carbons (Fsp3) is 0.458. The van der Waals surface area contributed by atoms with Crippen LogP contribution in [0.25, 0.3) is 0 Å². The molecule has 0 N–H and O–H groups in total. The molecule has 188 valence electrons. The highest BCUT2D eigenvalue weighted by Gasteiger charge is 2.36. The molecule has 5 rings (SSSR count). The molecule has 0 aromatic heterocycles. The van der Waals surface area contributed by atoms with Crippen molar-refractivity contribution in [1.82, 2.24) is 14.1 Å². The highest BCUT2D eigenvalue weighted by Crippen LogP contribution is 2.30. The second kappa shape index (κ2) is 9.65. The number of sulfonamides is 1. The molecule has 3 saturated heterocycles. The van der Waals surface area contributed by atoms with E-state index < -0.39 is 20.7 Å². The van der Waals surface area contributed by atoms with Crippen molar-refractivity contribution < 1.29 is 22.0 Å². The molecule has 0 radical (unpaired) electrons. The van der Waals surface area contributed by atoms with Crippen molar-refractivity contribution in [2.45, 2.75) is 23.8 Å². The molecule has 0 aliphatic carbocycles. The lowest BCUT2D eigenvalue weighted by atomic mass is 10.1.